The van der Waals surface area contributed by atoms with Crippen molar-refractivity contribution in [3.63, 3.8) is 0 Å². The third-order valence-electron chi connectivity index (χ3n) is 2.68. The molecule has 1 aromatic carbocycles. The fourth-order valence-corrected chi connectivity index (χ4v) is 1.82. The molecule has 0 bridgehead atoms. The van der Waals surface area contributed by atoms with E-state index in [1.807, 2.05) is 0 Å². The van der Waals surface area contributed by atoms with Crippen LogP contribution in [0.1, 0.15) is 12.8 Å². The van der Waals surface area contributed by atoms with Crippen molar-refractivity contribution >= 4 is 5.69 Å². The first-order valence-corrected chi connectivity index (χ1v) is 5.27. The van der Waals surface area contributed by atoms with Gasteiger partial charge in [0.1, 0.15) is 11.4 Å². The van der Waals surface area contributed by atoms with Gasteiger partial charge in [0.05, 0.1) is 12.7 Å². The fourth-order valence-electron chi connectivity index (χ4n) is 1.82. The van der Waals surface area contributed by atoms with Crippen molar-refractivity contribution in [3.05, 3.63) is 30.1 Å². The molecule has 84 valence electrons. The molecule has 0 aromatic heterocycles. The van der Waals surface area contributed by atoms with Crippen LogP contribution in [0.3, 0.4) is 0 Å². The third-order valence-corrected chi connectivity index (χ3v) is 2.68. The molecule has 0 saturated carbocycles. The summed E-state index contributed by atoms with van der Waals surface area (Å²) in [5.74, 6) is -0.281. The number of ether oxygens (including phenoxy) is 1. The summed E-state index contributed by atoms with van der Waals surface area (Å²) in [4.78, 5) is 0. The van der Waals surface area contributed by atoms with Gasteiger partial charge in [0.2, 0.25) is 0 Å². The minimum absolute atomic E-state index is 0.281. The first kappa shape index (κ1) is 10.9. The molecule has 2 rings (SSSR count). The van der Waals surface area contributed by atoms with E-state index in [9.17, 15) is 9.65 Å². The lowest BCUT2D eigenvalue weighted by Gasteiger charge is -2.32. The number of hydrogen-bond acceptors (Lipinski definition) is 3. The molecule has 1 heterocycles. The summed E-state index contributed by atoms with van der Waals surface area (Å²) in [6, 6.07) is 8.25. The van der Waals surface area contributed by atoms with Gasteiger partial charge < -0.3 is 10.1 Å². The number of anilines is 1. The lowest BCUT2D eigenvalue weighted by molar-refractivity contribution is 0.0667. The maximum Gasteiger partial charge on any atom is 0.149 e. The van der Waals surface area contributed by atoms with Gasteiger partial charge in [-0.15, -0.1) is 0 Å². The zero-order chi connectivity index (χ0) is 11.4. The number of nitrogens with zero attached hydrogens (tertiary/aromatic N) is 1. The summed E-state index contributed by atoms with van der Waals surface area (Å²) in [5.41, 5.74) is 0.0734. The highest BCUT2D eigenvalue weighted by molar-refractivity contribution is 5.47. The van der Waals surface area contributed by atoms with Gasteiger partial charge in [-0.05, 0) is 37.1 Å². The van der Waals surface area contributed by atoms with Crippen LogP contribution >= 0.6 is 0 Å². The van der Waals surface area contributed by atoms with Crippen molar-refractivity contribution in [1.29, 1.82) is 5.26 Å². The Balaban J connectivity index is 2.12. The topological polar surface area (TPSA) is 45.0 Å². The second kappa shape index (κ2) is 4.50. The molecule has 1 aliphatic heterocycles. The molecule has 0 spiro atoms. The third kappa shape index (κ3) is 2.31. The lowest BCUT2D eigenvalue weighted by atomic mass is 9.94. The normalized spacial score (nSPS) is 24.8. The Kier molecular flexibility index (Phi) is 3.07. The average molecular weight is 220 g/mol. The van der Waals surface area contributed by atoms with Crippen LogP contribution in [0.15, 0.2) is 24.3 Å². The van der Waals surface area contributed by atoms with E-state index in [2.05, 4.69) is 11.4 Å². The fraction of sp³-hybridized carbons (Fsp3) is 0.417. The molecule has 1 atom stereocenters. The molecule has 4 heteroatoms. The molecule has 0 aliphatic carbocycles. The van der Waals surface area contributed by atoms with Crippen LogP contribution in [0.5, 0.6) is 0 Å². The van der Waals surface area contributed by atoms with E-state index >= 15 is 0 Å². The van der Waals surface area contributed by atoms with E-state index in [-0.39, 0.29) is 5.82 Å². The van der Waals surface area contributed by atoms with Crippen molar-refractivity contribution in [3.8, 4) is 6.07 Å². The summed E-state index contributed by atoms with van der Waals surface area (Å²) in [5, 5.41) is 12.3. The first-order chi connectivity index (χ1) is 7.74. The maximum absolute atomic E-state index is 12.7. The highest BCUT2D eigenvalue weighted by atomic mass is 19.1. The summed E-state index contributed by atoms with van der Waals surface area (Å²) < 4.78 is 18.0. The Hall–Kier alpha value is -1.60. The van der Waals surface area contributed by atoms with Gasteiger partial charge in [0.15, 0.2) is 0 Å². The van der Waals surface area contributed by atoms with Crippen molar-refractivity contribution in [2.75, 3.05) is 18.5 Å². The van der Waals surface area contributed by atoms with Crippen LogP contribution in [-0.4, -0.2) is 18.8 Å². The summed E-state index contributed by atoms with van der Waals surface area (Å²) in [6.45, 7) is 1.08. The SMILES string of the molecule is N#CC1(Nc2ccc(F)cc2)CCCOC1. The molecule has 1 fully saturated rings. The molecule has 0 amide bonds. The summed E-state index contributed by atoms with van der Waals surface area (Å²) >= 11 is 0. The lowest BCUT2D eigenvalue weighted by Crippen LogP contribution is -2.44. The predicted octanol–water partition coefficient (Wildman–Crippen LogP) is 2.31. The van der Waals surface area contributed by atoms with E-state index in [4.69, 9.17) is 4.74 Å². The molecular formula is C12H13FN2O. The predicted molar refractivity (Wildman–Crippen MR) is 58.4 cm³/mol. The largest absolute Gasteiger partial charge is 0.378 e. The minimum atomic E-state index is -0.671. The van der Waals surface area contributed by atoms with Gasteiger partial charge in [-0.1, -0.05) is 0 Å². The number of nitrogens with one attached hydrogen (secondary N) is 1. The van der Waals surface area contributed by atoms with E-state index in [0.717, 1.165) is 18.5 Å². The van der Waals surface area contributed by atoms with Crippen molar-refractivity contribution in [2.45, 2.75) is 18.4 Å². The number of rotatable bonds is 2. The van der Waals surface area contributed by atoms with Crippen molar-refractivity contribution in [1.82, 2.24) is 0 Å². The molecule has 1 unspecified atom stereocenters. The number of halogens is 1. The number of hydrogen-bond donors (Lipinski definition) is 1. The Bertz CT molecular complexity index is 390. The second-order valence-electron chi connectivity index (χ2n) is 3.98. The summed E-state index contributed by atoms with van der Waals surface area (Å²) in [7, 11) is 0. The quantitative estimate of drug-likeness (QED) is 0.831. The van der Waals surface area contributed by atoms with Gasteiger partial charge >= 0.3 is 0 Å². The van der Waals surface area contributed by atoms with Gasteiger partial charge in [-0.3, -0.25) is 0 Å². The van der Waals surface area contributed by atoms with Crippen LogP contribution in [-0.2, 0) is 4.74 Å². The zero-order valence-corrected chi connectivity index (χ0v) is 8.87. The van der Waals surface area contributed by atoms with E-state index in [0.29, 0.717) is 13.2 Å². The molecular weight excluding hydrogens is 207 g/mol. The monoisotopic (exact) mass is 220 g/mol. The Morgan fingerprint density at radius 1 is 1.38 bits per heavy atom. The molecule has 1 N–H and O–H groups in total. The van der Waals surface area contributed by atoms with Gasteiger partial charge in [-0.2, -0.15) is 5.26 Å². The Morgan fingerprint density at radius 3 is 2.69 bits per heavy atom. The number of nitriles is 1. The smallest absolute Gasteiger partial charge is 0.149 e. The maximum atomic E-state index is 12.7. The van der Waals surface area contributed by atoms with Gasteiger partial charge in [0.25, 0.3) is 0 Å². The van der Waals surface area contributed by atoms with Crippen LogP contribution in [0.4, 0.5) is 10.1 Å². The molecule has 1 aliphatic rings. The Labute approximate surface area is 93.8 Å². The van der Waals surface area contributed by atoms with Crippen LogP contribution < -0.4 is 5.32 Å². The Morgan fingerprint density at radius 2 is 2.12 bits per heavy atom. The molecule has 1 aromatic rings. The highest BCUT2D eigenvalue weighted by Crippen LogP contribution is 2.24. The molecule has 0 radical (unpaired) electrons. The van der Waals surface area contributed by atoms with Crippen LogP contribution in [0, 0.1) is 17.1 Å². The molecule has 16 heavy (non-hydrogen) atoms. The number of benzene rings is 1. The van der Waals surface area contributed by atoms with Crippen LogP contribution in [0.25, 0.3) is 0 Å². The molecule has 1 saturated heterocycles. The summed E-state index contributed by atoms with van der Waals surface area (Å²) in [6.07, 6.45) is 1.61. The minimum Gasteiger partial charge on any atom is -0.378 e. The van der Waals surface area contributed by atoms with Crippen molar-refractivity contribution in [2.24, 2.45) is 0 Å². The zero-order valence-electron chi connectivity index (χ0n) is 8.87. The highest BCUT2D eigenvalue weighted by Gasteiger charge is 2.32. The standard InChI is InChI=1S/C12H13FN2O/c13-10-2-4-11(5-3-10)15-12(8-14)6-1-7-16-9-12/h2-5,15H,1,6-7,9H2. The average Bonchev–Trinajstić information content (AvgIpc) is 2.33. The van der Waals surface area contributed by atoms with Gasteiger partial charge in [0, 0.05) is 12.3 Å². The van der Waals surface area contributed by atoms with E-state index < -0.39 is 5.54 Å². The second-order valence-corrected chi connectivity index (χ2v) is 3.98. The van der Waals surface area contributed by atoms with Crippen LogP contribution in [0.2, 0.25) is 0 Å². The first-order valence-electron chi connectivity index (χ1n) is 5.27. The van der Waals surface area contributed by atoms with Gasteiger partial charge in [-0.25, -0.2) is 4.39 Å². The molecule has 3 nitrogen and oxygen atoms in total. The van der Waals surface area contributed by atoms with Crippen molar-refractivity contribution < 1.29 is 9.13 Å². The van der Waals surface area contributed by atoms with E-state index in [1.165, 1.54) is 12.1 Å². The van der Waals surface area contributed by atoms with E-state index in [1.54, 1.807) is 12.1 Å².